The fourth-order valence-corrected chi connectivity index (χ4v) is 4.06. The van der Waals surface area contributed by atoms with Crippen molar-refractivity contribution in [2.45, 2.75) is 18.1 Å². The molecule has 3 heterocycles. The summed E-state index contributed by atoms with van der Waals surface area (Å²) in [5.41, 5.74) is 1.89. The van der Waals surface area contributed by atoms with Crippen LogP contribution in [0.1, 0.15) is 17.8 Å². The average molecular weight is 357 g/mol. The molecule has 0 spiro atoms. The molecule has 0 bridgehead atoms. The SMILES string of the molecule is CC(NC(=O)CSc1n[nH]c2nc3ccccc3n12)c1cccs1. The minimum Gasteiger partial charge on any atom is -0.348 e. The number of hydrogen-bond acceptors (Lipinski definition) is 5. The lowest BCUT2D eigenvalue weighted by molar-refractivity contribution is -0.119. The minimum absolute atomic E-state index is 0.0125. The van der Waals surface area contributed by atoms with Gasteiger partial charge in [0.2, 0.25) is 11.7 Å². The molecule has 122 valence electrons. The van der Waals surface area contributed by atoms with Crippen molar-refractivity contribution in [2.24, 2.45) is 0 Å². The molecule has 1 amide bonds. The number of thiophene rings is 1. The van der Waals surface area contributed by atoms with Gasteiger partial charge < -0.3 is 5.32 Å². The number of rotatable bonds is 5. The number of carbonyl (C=O) groups excluding carboxylic acids is 1. The second-order valence-corrected chi connectivity index (χ2v) is 7.28. The van der Waals surface area contributed by atoms with Gasteiger partial charge in [-0.05, 0) is 30.5 Å². The summed E-state index contributed by atoms with van der Waals surface area (Å²) in [6.07, 6.45) is 0. The van der Waals surface area contributed by atoms with E-state index in [1.807, 2.05) is 53.1 Å². The smallest absolute Gasteiger partial charge is 0.231 e. The maximum Gasteiger partial charge on any atom is 0.231 e. The van der Waals surface area contributed by atoms with Gasteiger partial charge in [0.05, 0.1) is 22.8 Å². The van der Waals surface area contributed by atoms with E-state index in [1.54, 1.807) is 11.3 Å². The van der Waals surface area contributed by atoms with E-state index >= 15 is 0 Å². The van der Waals surface area contributed by atoms with Crippen molar-refractivity contribution in [3.63, 3.8) is 0 Å². The van der Waals surface area contributed by atoms with E-state index in [0.717, 1.165) is 21.1 Å². The van der Waals surface area contributed by atoms with Crippen LogP contribution in [0.5, 0.6) is 0 Å². The molecule has 1 unspecified atom stereocenters. The van der Waals surface area contributed by atoms with Crippen LogP contribution >= 0.6 is 23.1 Å². The highest BCUT2D eigenvalue weighted by molar-refractivity contribution is 7.99. The third-order valence-electron chi connectivity index (χ3n) is 3.68. The summed E-state index contributed by atoms with van der Waals surface area (Å²) in [5, 5.41) is 12.9. The Morgan fingerprint density at radius 3 is 3.08 bits per heavy atom. The predicted octanol–water partition coefficient (Wildman–Crippen LogP) is 3.24. The molecule has 0 aliphatic carbocycles. The molecule has 1 atom stereocenters. The lowest BCUT2D eigenvalue weighted by Crippen LogP contribution is -2.27. The van der Waals surface area contributed by atoms with Crippen LogP contribution in [-0.2, 0) is 4.79 Å². The summed E-state index contributed by atoms with van der Waals surface area (Å²) in [7, 11) is 0. The summed E-state index contributed by atoms with van der Waals surface area (Å²) in [5.74, 6) is 0.981. The van der Waals surface area contributed by atoms with E-state index < -0.39 is 0 Å². The maximum absolute atomic E-state index is 12.2. The Balaban J connectivity index is 1.47. The molecule has 8 heteroatoms. The van der Waals surface area contributed by atoms with Crippen molar-refractivity contribution in [1.82, 2.24) is 24.9 Å². The largest absolute Gasteiger partial charge is 0.348 e. The van der Waals surface area contributed by atoms with Crippen molar-refractivity contribution < 1.29 is 4.79 Å². The highest BCUT2D eigenvalue weighted by Gasteiger charge is 2.15. The Morgan fingerprint density at radius 2 is 2.25 bits per heavy atom. The first-order valence-electron chi connectivity index (χ1n) is 7.49. The van der Waals surface area contributed by atoms with Crippen molar-refractivity contribution in [3.05, 3.63) is 46.7 Å². The zero-order valence-electron chi connectivity index (χ0n) is 12.9. The minimum atomic E-state index is -0.0125. The molecule has 1 aromatic carbocycles. The Hall–Kier alpha value is -2.32. The normalized spacial score (nSPS) is 12.7. The number of aromatic nitrogens is 4. The number of nitrogens with zero attached hydrogens (tertiary/aromatic N) is 3. The number of benzene rings is 1. The predicted molar refractivity (Wildman–Crippen MR) is 96.4 cm³/mol. The van der Waals surface area contributed by atoms with Gasteiger partial charge in [0.15, 0.2) is 5.16 Å². The van der Waals surface area contributed by atoms with Gasteiger partial charge in [0.1, 0.15) is 0 Å². The van der Waals surface area contributed by atoms with Crippen molar-refractivity contribution in [1.29, 1.82) is 0 Å². The fraction of sp³-hybridized carbons (Fsp3) is 0.188. The number of H-pyrrole nitrogens is 1. The molecular formula is C16H15N5OS2. The van der Waals surface area contributed by atoms with Crippen molar-refractivity contribution in [3.8, 4) is 0 Å². The quantitative estimate of drug-likeness (QED) is 0.538. The molecule has 0 aliphatic heterocycles. The average Bonchev–Trinajstić information content (AvgIpc) is 3.29. The van der Waals surface area contributed by atoms with E-state index in [9.17, 15) is 4.79 Å². The number of imidazole rings is 1. The maximum atomic E-state index is 12.2. The van der Waals surface area contributed by atoms with Crippen LogP contribution in [0.2, 0.25) is 0 Å². The second kappa shape index (κ2) is 6.29. The lowest BCUT2D eigenvalue weighted by atomic mass is 10.3. The molecule has 3 aromatic heterocycles. The molecule has 0 saturated carbocycles. The zero-order chi connectivity index (χ0) is 16.5. The van der Waals surface area contributed by atoms with Gasteiger partial charge in [0, 0.05) is 4.88 Å². The lowest BCUT2D eigenvalue weighted by Gasteiger charge is -2.11. The molecule has 2 N–H and O–H groups in total. The monoisotopic (exact) mass is 357 g/mol. The molecule has 4 rings (SSSR count). The molecule has 0 aliphatic rings. The van der Waals surface area contributed by atoms with E-state index in [0.29, 0.717) is 11.5 Å². The van der Waals surface area contributed by atoms with Gasteiger partial charge in [-0.2, -0.15) is 0 Å². The third kappa shape index (κ3) is 2.78. The van der Waals surface area contributed by atoms with Gasteiger partial charge in [0.25, 0.3) is 0 Å². The van der Waals surface area contributed by atoms with E-state index in [1.165, 1.54) is 11.8 Å². The van der Waals surface area contributed by atoms with Gasteiger partial charge in [-0.25, -0.2) is 10.1 Å². The van der Waals surface area contributed by atoms with E-state index in [-0.39, 0.29) is 11.9 Å². The summed E-state index contributed by atoms with van der Waals surface area (Å²) < 4.78 is 1.94. The number of amides is 1. The third-order valence-corrected chi connectivity index (χ3v) is 5.68. The first-order valence-corrected chi connectivity index (χ1v) is 9.36. The Bertz CT molecular complexity index is 989. The van der Waals surface area contributed by atoms with Crippen LogP contribution in [0, 0.1) is 0 Å². The van der Waals surface area contributed by atoms with Gasteiger partial charge >= 0.3 is 0 Å². The number of nitrogens with one attached hydrogen (secondary N) is 2. The van der Waals surface area contributed by atoms with Crippen LogP contribution in [0.3, 0.4) is 0 Å². The molecule has 0 radical (unpaired) electrons. The van der Waals surface area contributed by atoms with E-state index in [2.05, 4.69) is 20.5 Å². The summed E-state index contributed by atoms with van der Waals surface area (Å²) >= 11 is 3.04. The topological polar surface area (TPSA) is 75.1 Å². The first kappa shape index (κ1) is 15.2. The van der Waals surface area contributed by atoms with Crippen LogP contribution in [0.25, 0.3) is 16.8 Å². The van der Waals surface area contributed by atoms with Crippen molar-refractivity contribution in [2.75, 3.05) is 5.75 Å². The summed E-state index contributed by atoms with van der Waals surface area (Å²) in [6.45, 7) is 1.99. The number of para-hydroxylation sites is 2. The standard InChI is InChI=1S/C16H15N5OS2/c1-10(13-7-4-8-23-13)17-14(22)9-24-16-20-19-15-18-11-5-2-3-6-12(11)21(15)16/h2-8,10H,9H2,1H3,(H,17,22)(H,18,19). The highest BCUT2D eigenvalue weighted by atomic mass is 32.2. The molecule has 4 aromatic rings. The Labute approximate surface area is 146 Å². The summed E-state index contributed by atoms with van der Waals surface area (Å²) in [6, 6.07) is 11.9. The van der Waals surface area contributed by atoms with Gasteiger partial charge in [-0.15, -0.1) is 16.4 Å². The zero-order valence-corrected chi connectivity index (χ0v) is 14.5. The van der Waals surface area contributed by atoms with Crippen molar-refractivity contribution >= 4 is 45.8 Å². The van der Waals surface area contributed by atoms with Gasteiger partial charge in [-0.3, -0.25) is 9.20 Å². The molecule has 24 heavy (non-hydrogen) atoms. The number of thioether (sulfide) groups is 1. The number of fused-ring (bicyclic) bond motifs is 3. The molecule has 6 nitrogen and oxygen atoms in total. The molecule has 0 fully saturated rings. The summed E-state index contributed by atoms with van der Waals surface area (Å²) in [4.78, 5) is 17.8. The van der Waals surface area contributed by atoms with Crippen LogP contribution in [0.4, 0.5) is 0 Å². The molecular weight excluding hydrogens is 342 g/mol. The first-order chi connectivity index (χ1) is 11.7. The Morgan fingerprint density at radius 1 is 1.38 bits per heavy atom. The van der Waals surface area contributed by atoms with Crippen LogP contribution in [-0.4, -0.2) is 31.2 Å². The van der Waals surface area contributed by atoms with Gasteiger partial charge in [-0.1, -0.05) is 30.0 Å². The molecule has 0 saturated heterocycles. The fourth-order valence-electron chi connectivity index (χ4n) is 2.56. The Kier molecular flexibility index (Phi) is 3.99. The van der Waals surface area contributed by atoms with Crippen LogP contribution < -0.4 is 5.32 Å². The number of aromatic amines is 1. The number of carbonyl (C=O) groups is 1. The second-order valence-electron chi connectivity index (χ2n) is 5.36. The van der Waals surface area contributed by atoms with E-state index in [4.69, 9.17) is 0 Å². The highest BCUT2D eigenvalue weighted by Crippen LogP contribution is 2.23. The number of hydrogen-bond donors (Lipinski definition) is 2. The van der Waals surface area contributed by atoms with Crippen LogP contribution in [0.15, 0.2) is 46.9 Å².